The summed E-state index contributed by atoms with van der Waals surface area (Å²) < 4.78 is 19.0. The summed E-state index contributed by atoms with van der Waals surface area (Å²) in [5.41, 5.74) is 4.49. The fourth-order valence-electron chi connectivity index (χ4n) is 4.09. The minimum atomic E-state index is -2.37. The van der Waals surface area contributed by atoms with E-state index in [1.165, 1.54) is 82.1 Å². The average Bonchev–Trinajstić information content (AvgIpc) is 2.98. The topological polar surface area (TPSA) is 32.6 Å². The second kappa shape index (κ2) is 14.4. The molecule has 0 aliphatic carbocycles. The van der Waals surface area contributed by atoms with Crippen LogP contribution in [-0.2, 0) is 26.2 Å². The van der Waals surface area contributed by atoms with Gasteiger partial charge < -0.3 is 17.8 Å². The lowest BCUT2D eigenvalue weighted by Gasteiger charge is -2.24. The molecule has 164 valence electrons. The molecule has 0 aliphatic heterocycles. The summed E-state index contributed by atoms with van der Waals surface area (Å²) in [6, 6.07) is 3.33. The van der Waals surface area contributed by atoms with Crippen molar-refractivity contribution in [2.45, 2.75) is 104 Å². The van der Waals surface area contributed by atoms with Gasteiger partial charge in [0.05, 0.1) is 0 Å². The van der Waals surface area contributed by atoms with Crippen LogP contribution in [0, 0.1) is 13.8 Å². The highest BCUT2D eigenvalue weighted by atomic mass is 28.4. The summed E-state index contributed by atoms with van der Waals surface area (Å²) in [6.45, 7) is 8.01. The molecule has 0 amide bonds. The van der Waals surface area contributed by atoms with Crippen LogP contribution in [0.3, 0.4) is 0 Å². The second-order valence-corrected chi connectivity index (χ2v) is 11.1. The van der Waals surface area contributed by atoms with E-state index in [0.29, 0.717) is 0 Å². The van der Waals surface area contributed by atoms with Crippen molar-refractivity contribution in [1.82, 2.24) is 4.57 Å². The van der Waals surface area contributed by atoms with Gasteiger partial charge in [-0.2, -0.15) is 0 Å². The molecule has 4 nitrogen and oxygen atoms in total. The molecule has 0 atom stereocenters. The standard InChI is InChI=1S/C23H45NO3Si/c1-7-8-9-14-17-23-20-21(2)24(22(23)3)18-15-12-10-11-13-16-19-28(25-4,26-5)27-6/h20H,7-19H2,1-6H3. The van der Waals surface area contributed by atoms with Crippen molar-refractivity contribution in [2.24, 2.45) is 0 Å². The normalized spacial score (nSPS) is 12.1. The number of nitrogens with zero attached hydrogens (tertiary/aromatic N) is 1. The number of rotatable bonds is 17. The largest absolute Gasteiger partial charge is 0.500 e. The highest BCUT2D eigenvalue weighted by molar-refractivity contribution is 6.60. The molecule has 0 aliphatic rings. The Labute approximate surface area is 175 Å². The molecule has 0 bridgehead atoms. The summed E-state index contributed by atoms with van der Waals surface area (Å²) in [4.78, 5) is 0. The Morgan fingerprint density at radius 3 is 1.96 bits per heavy atom. The lowest BCUT2D eigenvalue weighted by molar-refractivity contribution is 0.122. The first kappa shape index (κ1) is 25.4. The van der Waals surface area contributed by atoms with Crippen LogP contribution in [0.5, 0.6) is 0 Å². The molecule has 0 saturated heterocycles. The van der Waals surface area contributed by atoms with Crippen LogP contribution in [0.25, 0.3) is 0 Å². The Balaban J connectivity index is 2.22. The van der Waals surface area contributed by atoms with Gasteiger partial charge in [0.2, 0.25) is 0 Å². The van der Waals surface area contributed by atoms with Gasteiger partial charge in [0, 0.05) is 45.3 Å². The molecule has 0 radical (unpaired) electrons. The van der Waals surface area contributed by atoms with Gasteiger partial charge in [-0.1, -0.05) is 51.9 Å². The summed E-state index contributed by atoms with van der Waals surface area (Å²) in [6.07, 6.45) is 14.2. The third kappa shape index (κ3) is 8.40. The number of hydrogen-bond acceptors (Lipinski definition) is 3. The van der Waals surface area contributed by atoms with E-state index in [4.69, 9.17) is 13.3 Å². The van der Waals surface area contributed by atoms with E-state index in [1.807, 2.05) is 0 Å². The van der Waals surface area contributed by atoms with Gasteiger partial charge in [-0.25, -0.2) is 0 Å². The van der Waals surface area contributed by atoms with Crippen LogP contribution in [0.2, 0.25) is 6.04 Å². The van der Waals surface area contributed by atoms with Crippen LogP contribution in [0.4, 0.5) is 0 Å². The van der Waals surface area contributed by atoms with Gasteiger partial charge in [0.1, 0.15) is 0 Å². The zero-order valence-electron chi connectivity index (χ0n) is 19.4. The maximum absolute atomic E-state index is 5.48. The van der Waals surface area contributed by atoms with E-state index in [0.717, 1.165) is 12.5 Å². The van der Waals surface area contributed by atoms with Crippen molar-refractivity contribution in [3.05, 3.63) is 23.0 Å². The third-order valence-corrected chi connectivity index (χ3v) is 8.86. The van der Waals surface area contributed by atoms with Gasteiger partial charge in [0.25, 0.3) is 0 Å². The molecular formula is C23H45NO3Si. The van der Waals surface area contributed by atoms with E-state index >= 15 is 0 Å². The SMILES string of the molecule is CCCCCCc1cc(C)n(CCCCCCCC[Si](OC)(OC)OC)c1C. The lowest BCUT2D eigenvalue weighted by Crippen LogP contribution is -2.42. The highest BCUT2D eigenvalue weighted by Crippen LogP contribution is 2.20. The minimum Gasteiger partial charge on any atom is -0.377 e. The molecular weight excluding hydrogens is 366 g/mol. The zero-order valence-corrected chi connectivity index (χ0v) is 20.4. The molecule has 28 heavy (non-hydrogen) atoms. The summed E-state index contributed by atoms with van der Waals surface area (Å²) in [7, 11) is 2.72. The summed E-state index contributed by atoms with van der Waals surface area (Å²) in [5, 5.41) is 0. The van der Waals surface area contributed by atoms with Gasteiger partial charge >= 0.3 is 8.80 Å². The molecule has 5 heteroatoms. The van der Waals surface area contributed by atoms with Crippen molar-refractivity contribution >= 4 is 8.80 Å². The Kier molecular flexibility index (Phi) is 13.0. The van der Waals surface area contributed by atoms with Crippen molar-refractivity contribution < 1.29 is 13.3 Å². The quantitative estimate of drug-likeness (QED) is 0.218. The lowest BCUT2D eigenvalue weighted by atomic mass is 10.1. The molecule has 0 aromatic carbocycles. The smallest absolute Gasteiger partial charge is 0.377 e. The number of unbranched alkanes of at least 4 members (excludes halogenated alkanes) is 8. The van der Waals surface area contributed by atoms with Crippen LogP contribution >= 0.6 is 0 Å². The van der Waals surface area contributed by atoms with Gasteiger partial charge in [-0.15, -0.1) is 0 Å². The molecule has 0 N–H and O–H groups in total. The van der Waals surface area contributed by atoms with E-state index in [2.05, 4.69) is 31.4 Å². The number of aromatic nitrogens is 1. The highest BCUT2D eigenvalue weighted by Gasteiger charge is 2.36. The monoisotopic (exact) mass is 411 g/mol. The minimum absolute atomic E-state index is 0.916. The zero-order chi connectivity index (χ0) is 20.8. The van der Waals surface area contributed by atoms with Crippen molar-refractivity contribution in [1.29, 1.82) is 0 Å². The van der Waals surface area contributed by atoms with E-state index in [9.17, 15) is 0 Å². The van der Waals surface area contributed by atoms with E-state index in [1.54, 1.807) is 26.9 Å². The first-order valence-electron chi connectivity index (χ1n) is 11.3. The van der Waals surface area contributed by atoms with E-state index < -0.39 is 8.80 Å². The van der Waals surface area contributed by atoms with Crippen LogP contribution in [0.15, 0.2) is 6.07 Å². The first-order valence-corrected chi connectivity index (χ1v) is 13.3. The fourth-order valence-corrected chi connectivity index (χ4v) is 5.88. The maximum Gasteiger partial charge on any atom is 0.500 e. The summed E-state index contributed by atoms with van der Waals surface area (Å²) in [5.74, 6) is 0. The first-order chi connectivity index (χ1) is 13.5. The molecule has 0 saturated carbocycles. The second-order valence-electron chi connectivity index (χ2n) is 8.03. The summed E-state index contributed by atoms with van der Waals surface area (Å²) >= 11 is 0. The third-order valence-electron chi connectivity index (χ3n) is 6.03. The molecule has 1 heterocycles. The predicted molar refractivity (Wildman–Crippen MR) is 121 cm³/mol. The van der Waals surface area contributed by atoms with Gasteiger partial charge in [-0.05, 0) is 51.2 Å². The molecule has 1 aromatic rings. The Hall–Kier alpha value is -0.623. The van der Waals surface area contributed by atoms with Crippen molar-refractivity contribution in [3.63, 3.8) is 0 Å². The van der Waals surface area contributed by atoms with Gasteiger partial charge in [-0.3, -0.25) is 0 Å². The average molecular weight is 412 g/mol. The number of hydrogen-bond donors (Lipinski definition) is 0. The molecule has 0 spiro atoms. The molecule has 1 aromatic heterocycles. The number of aryl methyl sites for hydroxylation is 2. The van der Waals surface area contributed by atoms with E-state index in [-0.39, 0.29) is 0 Å². The van der Waals surface area contributed by atoms with Crippen LogP contribution in [-0.4, -0.2) is 34.7 Å². The Morgan fingerprint density at radius 2 is 1.36 bits per heavy atom. The maximum atomic E-state index is 5.48. The Morgan fingerprint density at radius 1 is 0.786 bits per heavy atom. The van der Waals surface area contributed by atoms with Gasteiger partial charge in [0.15, 0.2) is 0 Å². The fraction of sp³-hybridized carbons (Fsp3) is 0.826. The van der Waals surface area contributed by atoms with Crippen LogP contribution in [0.1, 0.15) is 88.1 Å². The molecule has 1 rings (SSSR count). The predicted octanol–water partition coefficient (Wildman–Crippen LogP) is 6.45. The Bertz CT molecular complexity index is 518. The molecule has 0 unspecified atom stereocenters. The van der Waals surface area contributed by atoms with Crippen LogP contribution < -0.4 is 0 Å². The van der Waals surface area contributed by atoms with Crippen molar-refractivity contribution in [3.8, 4) is 0 Å². The molecule has 0 fully saturated rings. The van der Waals surface area contributed by atoms with Crippen molar-refractivity contribution in [2.75, 3.05) is 21.3 Å².